The van der Waals surface area contributed by atoms with E-state index in [0.717, 1.165) is 75.8 Å². The molecule has 0 amide bonds. The number of rotatable bonds is 53. The van der Waals surface area contributed by atoms with Crippen LogP contribution in [0.2, 0.25) is 0 Å². The summed E-state index contributed by atoms with van der Waals surface area (Å²) in [7, 11) is 0. The van der Waals surface area contributed by atoms with Crippen LogP contribution < -0.4 is 0 Å². The number of aliphatic hydroxyl groups excluding tert-OH is 4. The van der Waals surface area contributed by atoms with Crippen LogP contribution in [-0.4, -0.2) is 171 Å². The number of carbonyl (C=O) groups excluding carboxylic acids is 4. The molecule has 0 spiro atoms. The van der Waals surface area contributed by atoms with Crippen molar-refractivity contribution in [3.8, 4) is 142 Å². The molecule has 4 N–H and O–H groups in total. The minimum absolute atomic E-state index is 0.00481. The summed E-state index contributed by atoms with van der Waals surface area (Å²) >= 11 is 0. The van der Waals surface area contributed by atoms with Gasteiger partial charge in [0.1, 0.15) is 12.2 Å². The number of hydrogen-bond donors (Lipinski definition) is 4. The lowest BCUT2D eigenvalue weighted by atomic mass is 10.0. The van der Waals surface area contributed by atoms with Crippen molar-refractivity contribution >= 4 is 29.6 Å². The second kappa shape index (κ2) is 83.6. The van der Waals surface area contributed by atoms with E-state index < -0.39 is 77.5 Å². The molecular weight excluding hydrogens is 1860 g/mol. The molecule has 0 unspecified atom stereocenters. The van der Waals surface area contributed by atoms with Crippen LogP contribution in [0.1, 0.15) is 393 Å². The molecule has 0 bridgehead atoms. The van der Waals surface area contributed by atoms with Gasteiger partial charge in [0, 0.05) is 51.5 Å². The van der Waals surface area contributed by atoms with Gasteiger partial charge in [-0.05, 0) is 238 Å². The lowest BCUT2D eigenvalue weighted by Gasteiger charge is -2.16. The van der Waals surface area contributed by atoms with E-state index in [1.807, 2.05) is 99.6 Å². The lowest BCUT2D eigenvalue weighted by Crippen LogP contribution is -2.25. The third-order valence-electron chi connectivity index (χ3n) is 23.4. The highest BCUT2D eigenvalue weighted by Crippen LogP contribution is 2.38. The first kappa shape index (κ1) is 136. The third kappa shape index (κ3) is 70.7. The molecule has 5 heterocycles. The van der Waals surface area contributed by atoms with Crippen LogP contribution in [0, 0.1) is 142 Å². The molecule has 0 aliphatic carbocycles. The zero-order valence-electron chi connectivity index (χ0n) is 93.0. The molecule has 20 heteroatoms. The van der Waals surface area contributed by atoms with E-state index in [1.54, 1.807) is 6.08 Å². The highest BCUT2D eigenvalue weighted by atomic mass is 16.8. The fourth-order valence-corrected chi connectivity index (χ4v) is 16.0. The van der Waals surface area contributed by atoms with E-state index in [2.05, 4.69) is 223 Å². The average molecular weight is 2040 g/mol. The third-order valence-corrected chi connectivity index (χ3v) is 23.4. The predicted molar refractivity (Wildman–Crippen MR) is 597 cm³/mol. The molecule has 20 nitrogen and oxygen atoms in total. The Hall–Kier alpha value is -10.2. The van der Waals surface area contributed by atoms with E-state index in [-0.39, 0.29) is 79.0 Å². The summed E-state index contributed by atoms with van der Waals surface area (Å²) in [6.45, 7) is 54.9. The Bertz CT molecular complexity index is 4790. The van der Waals surface area contributed by atoms with Gasteiger partial charge in [0.2, 0.25) is 11.6 Å². The number of carbonyl (C=O) groups is 4. The van der Waals surface area contributed by atoms with Crippen molar-refractivity contribution < 1.29 is 96.4 Å². The van der Waals surface area contributed by atoms with E-state index in [0.29, 0.717) is 38.5 Å². The molecule has 0 radical (unpaired) electrons. The molecule has 812 valence electrons. The summed E-state index contributed by atoms with van der Waals surface area (Å²) in [6.07, 6.45) is 52.2. The van der Waals surface area contributed by atoms with E-state index in [9.17, 15) is 39.6 Å². The first-order chi connectivity index (χ1) is 70.9. The van der Waals surface area contributed by atoms with Crippen LogP contribution >= 0.6 is 0 Å². The van der Waals surface area contributed by atoms with Crippen LogP contribution in [0.5, 0.6) is 0 Å². The minimum atomic E-state index is -0.856. The summed E-state index contributed by atoms with van der Waals surface area (Å²) in [5, 5.41) is 37.9. The number of benzene rings is 1. The molecular formula is C128H180O20. The predicted octanol–water partition coefficient (Wildman–Crippen LogP) is 24.3. The van der Waals surface area contributed by atoms with Gasteiger partial charge in [0.15, 0.2) is 41.1 Å². The summed E-state index contributed by atoms with van der Waals surface area (Å²) in [5.41, 5.74) is 0.919. The van der Waals surface area contributed by atoms with Crippen molar-refractivity contribution in [3.63, 3.8) is 0 Å². The summed E-state index contributed by atoms with van der Waals surface area (Å²) < 4.78 is 70.2. The smallest absolute Gasteiger partial charge is 0.332 e. The maximum absolute atomic E-state index is 12.0. The summed E-state index contributed by atoms with van der Waals surface area (Å²) in [6, 6.07) is 9.53. The van der Waals surface area contributed by atoms with Crippen molar-refractivity contribution in [2.75, 3.05) is 0 Å². The van der Waals surface area contributed by atoms with Crippen molar-refractivity contribution in [3.05, 3.63) is 118 Å². The molecule has 6 rings (SSSR count). The zero-order valence-corrected chi connectivity index (χ0v) is 93.0. The highest BCUT2D eigenvalue weighted by Gasteiger charge is 2.45. The number of ketones is 2. The Morgan fingerprint density at radius 3 is 0.865 bits per heavy atom. The Balaban J connectivity index is 0.000000895. The van der Waals surface area contributed by atoms with Gasteiger partial charge < -0.3 is 77.3 Å². The second-order valence-electron chi connectivity index (χ2n) is 39.1. The first-order valence-electron chi connectivity index (χ1n) is 54.2. The maximum atomic E-state index is 12.0. The van der Waals surface area contributed by atoms with Gasteiger partial charge in [-0.1, -0.05) is 363 Å². The molecule has 1 aromatic carbocycles. The van der Waals surface area contributed by atoms with E-state index in [1.165, 1.54) is 204 Å². The number of unbranched alkanes of at least 4 members (excludes halogenated alkanes) is 24. The fourth-order valence-electron chi connectivity index (χ4n) is 16.0. The van der Waals surface area contributed by atoms with E-state index >= 15 is 0 Å². The maximum Gasteiger partial charge on any atom is 0.332 e. The van der Waals surface area contributed by atoms with Crippen LogP contribution in [0.3, 0.4) is 0 Å². The number of aliphatic hydroxyl groups is 4. The molecule has 5 aliphatic rings. The van der Waals surface area contributed by atoms with Crippen LogP contribution in [0.15, 0.2) is 112 Å². The number of hydrogen-bond acceptors (Lipinski definition) is 20. The van der Waals surface area contributed by atoms with Crippen LogP contribution in [0.4, 0.5) is 0 Å². The normalized spacial score (nSPS) is 20.5. The summed E-state index contributed by atoms with van der Waals surface area (Å²) in [4.78, 5) is 44.6. The van der Waals surface area contributed by atoms with Crippen molar-refractivity contribution in [2.24, 2.45) is 0 Å². The Kier molecular flexibility index (Phi) is 76.7. The van der Waals surface area contributed by atoms with Gasteiger partial charge in [-0.3, -0.25) is 14.4 Å². The fraction of sp³-hybridized carbons (Fsp3) is 0.625. The zero-order chi connectivity index (χ0) is 110. The van der Waals surface area contributed by atoms with Crippen LogP contribution in [-0.2, 0) is 76.0 Å². The van der Waals surface area contributed by atoms with Crippen molar-refractivity contribution in [2.45, 2.75) is 514 Å². The minimum Gasteiger partial charge on any atom is -0.445 e. The highest BCUT2D eigenvalue weighted by molar-refractivity contribution is 6.04. The van der Waals surface area contributed by atoms with Gasteiger partial charge in [0.25, 0.3) is 0 Å². The molecule has 16 atom stereocenters. The van der Waals surface area contributed by atoms with Crippen molar-refractivity contribution in [1.29, 1.82) is 0 Å². The van der Waals surface area contributed by atoms with Gasteiger partial charge in [-0.2, -0.15) is 0 Å². The number of esters is 2. The molecule has 0 aromatic heterocycles. The number of allylic oxidation sites excluding steroid dienone is 2. The molecule has 0 saturated carbocycles. The van der Waals surface area contributed by atoms with Gasteiger partial charge in [0.05, 0.1) is 73.2 Å². The molecule has 148 heavy (non-hydrogen) atoms. The Morgan fingerprint density at radius 2 is 0.588 bits per heavy atom. The molecule has 1 aromatic rings. The standard InChI is InChI=1S/C29H36O4.C22H32O4.2C20H30O3.C20H28O3.C17H24O3/c1-5-7-8-9-15-20-26-27(33-29(3,4)32-26)21-16-11-14-19-25(6-2)31-28(30)23-22-24-17-12-10-13-18-24;1-6-8-9-10-13-16-20-21(26-22(4,5)25-20)17-14-11-12-15-19(7-2)24-18(3)23;3*1-5-7-8-9-12-15-18-19(23-20(3,4)22-18)16-13-10-11-14-17(21)6-2;1-3-5-6-7-10-13-16(19)17(20)14-11-8-9-12-15(18)4-2/h6,10,12-13,17-18,22-23,25-27H,2,5,7-9,15,20-21H2,1,3-4H3;7,19-21H,2,6,8-10,13,16-17H2,1,3-5H3;2*6,17-19,21H,2,5,7-9,12,15-16H2,1,3-4H3;6,18-19H,2,5,7-9,12,15-16H2,1,3-4H3;4,16-17,19-20H,2-3,5-7,10,13-14H2,1H3/b23-22+;;;;;/t25-,26-,27-;19-,20-,21-;17-,18+,19+;17-,18-,19-;18-,19-;16-,17-/m110111/s1. The topological polar surface area (TPSA) is 260 Å². The second-order valence-corrected chi connectivity index (χ2v) is 39.1. The summed E-state index contributed by atoms with van der Waals surface area (Å²) in [5.74, 6) is 60.7. The Morgan fingerprint density at radius 1 is 0.324 bits per heavy atom. The molecule has 5 aliphatic heterocycles. The molecule has 5 saturated heterocycles. The van der Waals surface area contributed by atoms with E-state index in [4.69, 9.17) is 56.8 Å². The largest absolute Gasteiger partial charge is 0.445 e. The average Bonchev–Trinajstić information content (AvgIpc) is 1.71. The van der Waals surface area contributed by atoms with Gasteiger partial charge in [-0.25, -0.2) is 4.79 Å². The van der Waals surface area contributed by atoms with Crippen LogP contribution in [0.25, 0.3) is 6.08 Å². The van der Waals surface area contributed by atoms with Gasteiger partial charge in [-0.15, -0.1) is 0 Å². The quantitative estimate of drug-likeness (QED) is 0.0118. The lowest BCUT2D eigenvalue weighted by molar-refractivity contribution is -0.146. The van der Waals surface area contributed by atoms with Crippen molar-refractivity contribution in [1.82, 2.24) is 0 Å². The van der Waals surface area contributed by atoms with Gasteiger partial charge >= 0.3 is 11.9 Å². The number of ether oxygens (including phenoxy) is 12. The first-order valence-corrected chi connectivity index (χ1v) is 54.2. The SMILES string of the molecule is C=CC(=O)C#CC#CC[C@@H](O)[C@H](O)CCCCCCC.C=CC(=O)C#CC#CC[C@H]1OC(C)(C)O[C@@H]1CCCCCCC.C=C[C@@H](O)C#CC#CC[C@H]1OC(C)(C)O[C@@H]1CCCCCCC.C=C[C@H](C#CC#CC[C@H]1OC(C)(C)O[C@@H]1CCCCCCC)OC(=O)/C=C/c1ccccc1.C=C[C@H](C#CC#CC[C@H]1OC(C)(C)O[C@@H]1CCCCCCC)OC(C)=O.C=C[C@H](O)C#CC#CC[C@H]1OC(C)(C)O[C@@H]1CCCCCCC. The monoisotopic (exact) mass is 2040 g/mol. The Labute approximate surface area is 894 Å². The molecule has 5 fully saturated rings.